The van der Waals surface area contributed by atoms with Crippen molar-refractivity contribution in [3.8, 4) is 73.2 Å². The lowest BCUT2D eigenvalue weighted by atomic mass is 9.63. The van der Waals surface area contributed by atoms with Crippen molar-refractivity contribution in [3.63, 3.8) is 0 Å². The van der Waals surface area contributed by atoms with Crippen LogP contribution in [0.5, 0.6) is 11.5 Å². The molecule has 5 heterocycles. The van der Waals surface area contributed by atoms with Gasteiger partial charge in [-0.1, -0.05) is 259 Å². The maximum atomic E-state index is 7.20. The topological polar surface area (TPSA) is 42.3 Å². The number of fused-ring (bicyclic) bond motifs is 6. The van der Waals surface area contributed by atoms with E-state index in [2.05, 4.69) is 362 Å². The van der Waals surface area contributed by atoms with Gasteiger partial charge in [-0.2, -0.15) is 0 Å². The van der Waals surface area contributed by atoms with E-state index in [9.17, 15) is 0 Å². The zero-order valence-corrected chi connectivity index (χ0v) is 52.5. The van der Waals surface area contributed by atoms with Gasteiger partial charge in [-0.3, -0.25) is 13.7 Å². The van der Waals surface area contributed by atoms with Crippen molar-refractivity contribution in [2.75, 3.05) is 9.62 Å². The van der Waals surface area contributed by atoms with Crippen LogP contribution >= 0.6 is 0 Å². The molecule has 12 aromatic carbocycles. The maximum Gasteiger partial charge on any atom is 0.420 e. The highest BCUT2D eigenvalue weighted by atomic mass is 16.5. The van der Waals surface area contributed by atoms with Crippen LogP contribution < -0.4 is 24.4 Å². The Hall–Kier alpha value is -11.5. The van der Waals surface area contributed by atoms with E-state index in [0.29, 0.717) is 5.75 Å². The Morgan fingerprint density at radius 3 is 1.54 bits per heavy atom. The average molecular weight is 1200 g/mol. The Kier molecular flexibility index (Phi) is 13.1. The molecule has 0 N–H and O–H groups in total. The van der Waals surface area contributed by atoms with E-state index < -0.39 is 0 Å². The molecule has 0 spiro atoms. The van der Waals surface area contributed by atoms with Crippen molar-refractivity contribution in [2.24, 2.45) is 0 Å². The number of nitrogens with zero attached hydrogens (tertiary/aromatic N) is 6. The molecule has 7 nitrogen and oxygen atoms in total. The molecule has 0 radical (unpaired) electrons. The third-order valence-electron chi connectivity index (χ3n) is 19.2. The first-order chi connectivity index (χ1) is 45.5. The van der Waals surface area contributed by atoms with Gasteiger partial charge >= 0.3 is 6.98 Å². The van der Waals surface area contributed by atoms with Gasteiger partial charge in [-0.15, -0.1) is 0 Å². The smallest absolute Gasteiger partial charge is 0.420 e. The molecule has 0 atom stereocenters. The van der Waals surface area contributed by atoms with E-state index in [1.165, 1.54) is 16.7 Å². The highest BCUT2D eigenvalue weighted by Gasteiger charge is 2.45. The van der Waals surface area contributed by atoms with Gasteiger partial charge in [0.05, 0.1) is 44.8 Å². The fourth-order valence-electron chi connectivity index (χ4n) is 14.7. The molecular weight excluding hydrogens is 1130 g/mol. The number of anilines is 4. The maximum absolute atomic E-state index is 7.20. The third kappa shape index (κ3) is 9.18. The summed E-state index contributed by atoms with van der Waals surface area (Å²) in [7, 11) is 0. The van der Waals surface area contributed by atoms with Crippen molar-refractivity contribution in [2.45, 2.75) is 45.4 Å². The van der Waals surface area contributed by atoms with Gasteiger partial charge in [0.2, 0.25) is 0 Å². The molecule has 8 heteroatoms. The summed E-state index contributed by atoms with van der Waals surface area (Å²) < 4.78 is 14.1. The largest absolute Gasteiger partial charge is 0.458 e. The SMILES string of the molecule is CC(C)(C)c1ccnc(-n2c3ccc(B4N(c5ccccc5-c5ccccc5)c5ccccc5N4c4ccccc4-c4ccccc4)cc3c3ccc(Oc4ccc5c(c4)-n4[c-][n+](-c6c(-c7ccccc7)cccc6-c6ccccc6)c6cccc(c64)C5(C)C)cc32)c1. The standard InChI is InChI=1S/C85H65BN6O/c1-84(2,3)61-50-51-87-81(52-61)90-73-49-44-62(86-91(74-39-20-18-34-65(74)57-26-10-6-11-27-57)76-41-22-23-42-77(76)92(86)75-40-21-19-35-66(75)58-28-12-7-13-29-58)53-70(73)69-47-45-63(54-79(69)90)93-64-46-48-71-80(55-64)89-56-88(78-43-25-38-72(83(78)89)85(71,4)5)82-67(59-30-14-8-15-31-59)36-24-37-68(82)60-32-16-9-17-33-60/h6-55H,1-5H3. The zero-order chi connectivity index (χ0) is 62.5. The molecular formula is C85H65BN6O. The van der Waals surface area contributed by atoms with Crippen molar-refractivity contribution in [1.82, 2.24) is 14.1 Å². The summed E-state index contributed by atoms with van der Waals surface area (Å²) in [5.74, 6) is 2.29. The third-order valence-corrected chi connectivity index (χ3v) is 19.2. The Morgan fingerprint density at radius 1 is 0.430 bits per heavy atom. The van der Waals surface area contributed by atoms with E-state index in [0.717, 1.165) is 129 Å². The van der Waals surface area contributed by atoms with Crippen LogP contribution in [0.3, 0.4) is 0 Å². The molecule has 0 fully saturated rings. The minimum Gasteiger partial charge on any atom is -0.458 e. The van der Waals surface area contributed by atoms with E-state index in [-0.39, 0.29) is 17.8 Å². The summed E-state index contributed by atoms with van der Waals surface area (Å²) in [6, 6.07) is 108. The van der Waals surface area contributed by atoms with E-state index in [1.54, 1.807) is 0 Å². The molecule has 93 heavy (non-hydrogen) atoms. The van der Waals surface area contributed by atoms with E-state index in [1.807, 2.05) is 6.20 Å². The second kappa shape index (κ2) is 21.9. The van der Waals surface area contributed by atoms with Gasteiger partial charge in [-0.05, 0) is 128 Å². The van der Waals surface area contributed by atoms with Crippen LogP contribution in [0, 0.1) is 6.33 Å². The van der Waals surface area contributed by atoms with Crippen LogP contribution in [-0.2, 0) is 10.8 Å². The number of ether oxygens (including phenoxy) is 1. The molecule has 15 aromatic rings. The zero-order valence-electron chi connectivity index (χ0n) is 52.5. The molecule has 0 amide bonds. The van der Waals surface area contributed by atoms with Crippen molar-refractivity contribution < 1.29 is 9.30 Å². The Labute approximate surface area is 543 Å². The minimum atomic E-state index is -0.339. The molecule has 2 aliphatic rings. The molecule has 17 rings (SSSR count). The lowest BCUT2D eigenvalue weighted by Gasteiger charge is -2.34. The van der Waals surface area contributed by atoms with Crippen molar-refractivity contribution in [1.29, 1.82) is 0 Å². The molecule has 0 unspecified atom stereocenters. The fraction of sp³-hybridized carbons (Fsp3) is 0.0824. The number of hydrogen-bond donors (Lipinski definition) is 0. The molecule has 0 bridgehead atoms. The summed E-state index contributed by atoms with van der Waals surface area (Å²) in [6.07, 6.45) is 5.92. The van der Waals surface area contributed by atoms with E-state index in [4.69, 9.17) is 9.72 Å². The number of aromatic nitrogens is 4. The molecule has 0 saturated heterocycles. The Bertz CT molecular complexity index is 5230. The summed E-state index contributed by atoms with van der Waals surface area (Å²) in [5, 5.41) is 2.20. The number of benzene rings is 12. The van der Waals surface area contributed by atoms with Gasteiger partial charge in [0.1, 0.15) is 17.3 Å². The number of hydrogen-bond acceptors (Lipinski definition) is 4. The normalized spacial score (nSPS) is 13.2. The molecule has 444 valence electrons. The second-order valence-electron chi connectivity index (χ2n) is 26.1. The molecule has 2 aliphatic heterocycles. The van der Waals surface area contributed by atoms with Gasteiger partial charge in [0, 0.05) is 51.0 Å². The van der Waals surface area contributed by atoms with Crippen LogP contribution in [0.15, 0.2) is 303 Å². The minimum absolute atomic E-state index is 0.118. The predicted molar refractivity (Wildman–Crippen MR) is 384 cm³/mol. The first-order valence-corrected chi connectivity index (χ1v) is 32.1. The van der Waals surface area contributed by atoms with Crippen LogP contribution in [0.25, 0.3) is 94.5 Å². The number of imidazole rings is 1. The van der Waals surface area contributed by atoms with Crippen LogP contribution in [0.1, 0.15) is 51.3 Å². The number of rotatable bonds is 11. The van der Waals surface area contributed by atoms with Crippen LogP contribution in [-0.4, -0.2) is 21.1 Å². The van der Waals surface area contributed by atoms with Crippen molar-refractivity contribution in [3.05, 3.63) is 326 Å². The first-order valence-electron chi connectivity index (χ1n) is 32.1. The lowest BCUT2D eigenvalue weighted by molar-refractivity contribution is -0.571. The summed E-state index contributed by atoms with van der Waals surface area (Å²) in [6.45, 7) is 11.1. The summed E-state index contributed by atoms with van der Waals surface area (Å²) in [5.41, 5.74) is 24.3. The molecule has 0 aliphatic carbocycles. The monoisotopic (exact) mass is 1200 g/mol. The van der Waals surface area contributed by atoms with E-state index >= 15 is 0 Å². The van der Waals surface area contributed by atoms with Crippen LogP contribution in [0.2, 0.25) is 0 Å². The van der Waals surface area contributed by atoms with Crippen molar-refractivity contribution >= 4 is 68.0 Å². The average Bonchev–Trinajstić information content (AvgIpc) is 1.60. The fourth-order valence-corrected chi connectivity index (χ4v) is 14.7. The number of para-hydroxylation sites is 6. The summed E-state index contributed by atoms with van der Waals surface area (Å²) >= 11 is 0. The van der Waals surface area contributed by atoms with Gasteiger partial charge < -0.3 is 14.4 Å². The van der Waals surface area contributed by atoms with Gasteiger partial charge in [-0.25, -0.2) is 4.98 Å². The highest BCUT2D eigenvalue weighted by Crippen LogP contribution is 2.52. The number of pyridine rings is 1. The Morgan fingerprint density at radius 2 is 0.946 bits per heavy atom. The predicted octanol–water partition coefficient (Wildman–Crippen LogP) is 20.3. The summed E-state index contributed by atoms with van der Waals surface area (Å²) in [4.78, 5) is 10.3. The van der Waals surface area contributed by atoms with Gasteiger partial charge in [0.25, 0.3) is 6.33 Å². The Balaban J connectivity index is 0.835. The van der Waals surface area contributed by atoms with Gasteiger partial charge in [0.15, 0.2) is 0 Å². The quantitative estimate of drug-likeness (QED) is 0.0735. The van der Waals surface area contributed by atoms with Crippen LogP contribution in [0.4, 0.5) is 22.7 Å². The highest BCUT2D eigenvalue weighted by molar-refractivity contribution is 6.84. The molecule has 0 saturated carbocycles. The second-order valence-corrected chi connectivity index (χ2v) is 26.1. The lowest BCUT2D eigenvalue weighted by Crippen LogP contribution is -2.53. The molecule has 3 aromatic heterocycles. The first kappa shape index (κ1) is 55.6.